The Morgan fingerprint density at radius 3 is 2.62 bits per heavy atom. The minimum atomic E-state index is -0.0733. The van der Waals surface area contributed by atoms with E-state index in [2.05, 4.69) is 4.98 Å². The van der Waals surface area contributed by atoms with Gasteiger partial charge in [-0.25, -0.2) is 0 Å². The molecule has 1 aliphatic heterocycles. The summed E-state index contributed by atoms with van der Waals surface area (Å²) in [4.78, 5) is 27.6. The fraction of sp³-hybridized carbons (Fsp3) is 0.455. The van der Waals surface area contributed by atoms with Gasteiger partial charge in [-0.15, -0.1) is 0 Å². The van der Waals surface area contributed by atoms with Crippen molar-refractivity contribution in [2.45, 2.75) is 6.92 Å². The molecule has 0 saturated carbocycles. The van der Waals surface area contributed by atoms with Gasteiger partial charge >= 0.3 is 0 Å². The fourth-order valence-electron chi connectivity index (χ4n) is 1.66. The van der Waals surface area contributed by atoms with Gasteiger partial charge in [0.1, 0.15) is 5.69 Å². The Morgan fingerprint density at radius 1 is 1.38 bits per heavy atom. The number of carbonyl (C=O) groups excluding carboxylic acids is 2. The second kappa shape index (κ2) is 4.49. The molecule has 86 valence electrons. The first-order valence-electron chi connectivity index (χ1n) is 5.25. The van der Waals surface area contributed by atoms with Crippen molar-refractivity contribution in [2.75, 3.05) is 26.3 Å². The van der Waals surface area contributed by atoms with E-state index in [1.54, 1.807) is 17.2 Å². The van der Waals surface area contributed by atoms with E-state index in [4.69, 9.17) is 4.74 Å². The number of rotatable bonds is 2. The van der Waals surface area contributed by atoms with Gasteiger partial charge in [0.25, 0.3) is 5.91 Å². The zero-order valence-corrected chi connectivity index (χ0v) is 9.16. The summed E-state index contributed by atoms with van der Waals surface area (Å²) in [5, 5.41) is 0. The first-order valence-corrected chi connectivity index (χ1v) is 5.25. The van der Waals surface area contributed by atoms with Gasteiger partial charge < -0.3 is 14.6 Å². The molecular formula is C11H14N2O3. The van der Waals surface area contributed by atoms with Crippen molar-refractivity contribution in [3.05, 3.63) is 23.5 Å². The highest BCUT2D eigenvalue weighted by molar-refractivity contribution is 5.99. The molecule has 1 aromatic rings. The van der Waals surface area contributed by atoms with Gasteiger partial charge in [0.15, 0.2) is 5.78 Å². The second-order valence-corrected chi connectivity index (χ2v) is 3.76. The quantitative estimate of drug-likeness (QED) is 0.749. The van der Waals surface area contributed by atoms with Crippen molar-refractivity contribution >= 4 is 11.7 Å². The Morgan fingerprint density at radius 2 is 2.06 bits per heavy atom. The molecule has 0 bridgehead atoms. The van der Waals surface area contributed by atoms with Crippen LogP contribution in [0.5, 0.6) is 0 Å². The second-order valence-electron chi connectivity index (χ2n) is 3.76. The van der Waals surface area contributed by atoms with Crippen LogP contribution in [0.25, 0.3) is 0 Å². The molecule has 0 radical (unpaired) electrons. The van der Waals surface area contributed by atoms with Crippen molar-refractivity contribution in [3.8, 4) is 0 Å². The standard InChI is InChI=1S/C11H14N2O3/c1-8(14)9-6-10(12-7-9)11(15)13-2-4-16-5-3-13/h6-7,12H,2-5H2,1H3. The van der Waals surface area contributed by atoms with Crippen molar-refractivity contribution in [1.82, 2.24) is 9.88 Å². The molecule has 2 rings (SSSR count). The molecule has 1 N–H and O–H groups in total. The molecule has 1 amide bonds. The van der Waals surface area contributed by atoms with Crippen LogP contribution >= 0.6 is 0 Å². The molecule has 1 aromatic heterocycles. The number of aromatic nitrogens is 1. The lowest BCUT2D eigenvalue weighted by molar-refractivity contribution is 0.0299. The van der Waals surface area contributed by atoms with Gasteiger partial charge in [0.05, 0.1) is 13.2 Å². The van der Waals surface area contributed by atoms with Crippen molar-refractivity contribution < 1.29 is 14.3 Å². The highest BCUT2D eigenvalue weighted by Gasteiger charge is 2.20. The molecule has 2 heterocycles. The van der Waals surface area contributed by atoms with E-state index in [1.165, 1.54) is 6.92 Å². The number of ether oxygens (including phenoxy) is 1. The van der Waals surface area contributed by atoms with Crippen LogP contribution in [0.2, 0.25) is 0 Å². The Hall–Kier alpha value is -1.62. The molecule has 1 aliphatic rings. The molecule has 5 nitrogen and oxygen atoms in total. The smallest absolute Gasteiger partial charge is 0.270 e. The third kappa shape index (κ3) is 2.14. The summed E-state index contributed by atoms with van der Waals surface area (Å²) in [5.41, 5.74) is 1.00. The third-order valence-corrected chi connectivity index (χ3v) is 2.62. The number of aromatic amines is 1. The van der Waals surface area contributed by atoms with Crippen molar-refractivity contribution in [2.24, 2.45) is 0 Å². The summed E-state index contributed by atoms with van der Waals surface area (Å²) >= 11 is 0. The molecule has 0 spiro atoms. The van der Waals surface area contributed by atoms with Crippen LogP contribution in [-0.2, 0) is 4.74 Å². The van der Waals surface area contributed by atoms with Crippen LogP contribution in [0.15, 0.2) is 12.3 Å². The van der Waals surface area contributed by atoms with Crippen LogP contribution < -0.4 is 0 Å². The van der Waals surface area contributed by atoms with E-state index in [9.17, 15) is 9.59 Å². The number of hydrogen-bond donors (Lipinski definition) is 1. The molecule has 0 unspecified atom stereocenters. The lowest BCUT2D eigenvalue weighted by Gasteiger charge is -2.26. The summed E-state index contributed by atoms with van der Waals surface area (Å²) < 4.78 is 5.17. The average Bonchev–Trinajstić information content (AvgIpc) is 2.78. The van der Waals surface area contributed by atoms with Crippen LogP contribution in [0.4, 0.5) is 0 Å². The molecule has 0 aromatic carbocycles. The zero-order chi connectivity index (χ0) is 11.5. The molecular weight excluding hydrogens is 208 g/mol. The molecule has 16 heavy (non-hydrogen) atoms. The van der Waals surface area contributed by atoms with Gasteiger partial charge in [-0.05, 0) is 13.0 Å². The van der Waals surface area contributed by atoms with Gasteiger partial charge in [0.2, 0.25) is 0 Å². The van der Waals surface area contributed by atoms with Gasteiger partial charge in [0, 0.05) is 24.8 Å². The topological polar surface area (TPSA) is 62.4 Å². The summed E-state index contributed by atoms with van der Waals surface area (Å²) in [7, 11) is 0. The Bertz CT molecular complexity index is 405. The largest absolute Gasteiger partial charge is 0.378 e. The lowest BCUT2D eigenvalue weighted by Crippen LogP contribution is -2.40. The average molecular weight is 222 g/mol. The van der Waals surface area contributed by atoms with E-state index in [1.807, 2.05) is 0 Å². The van der Waals surface area contributed by atoms with Crippen LogP contribution in [0.3, 0.4) is 0 Å². The SMILES string of the molecule is CC(=O)c1c[nH]c(C(=O)N2CCOCC2)c1. The van der Waals surface area contributed by atoms with Gasteiger partial charge in [-0.2, -0.15) is 0 Å². The minimum absolute atomic E-state index is 0.0442. The number of carbonyl (C=O) groups is 2. The monoisotopic (exact) mass is 222 g/mol. The first kappa shape index (κ1) is 10.9. The van der Waals surface area contributed by atoms with E-state index in [0.717, 1.165) is 0 Å². The maximum absolute atomic E-state index is 12.0. The Balaban J connectivity index is 2.10. The number of hydrogen-bond acceptors (Lipinski definition) is 3. The lowest BCUT2D eigenvalue weighted by atomic mass is 10.2. The number of morpholine rings is 1. The van der Waals surface area contributed by atoms with E-state index >= 15 is 0 Å². The number of amides is 1. The number of Topliss-reactive ketones (excluding diaryl/α,β-unsaturated/α-hetero) is 1. The summed E-state index contributed by atoms with van der Waals surface area (Å²) in [6, 6.07) is 1.60. The van der Waals surface area contributed by atoms with Crippen molar-refractivity contribution in [3.63, 3.8) is 0 Å². The van der Waals surface area contributed by atoms with E-state index in [0.29, 0.717) is 37.6 Å². The molecule has 5 heteroatoms. The highest BCUT2D eigenvalue weighted by Crippen LogP contribution is 2.09. The predicted molar refractivity (Wildman–Crippen MR) is 57.5 cm³/mol. The van der Waals surface area contributed by atoms with E-state index < -0.39 is 0 Å². The first-order chi connectivity index (χ1) is 7.68. The number of nitrogens with zero attached hydrogens (tertiary/aromatic N) is 1. The van der Waals surface area contributed by atoms with Gasteiger partial charge in [-0.3, -0.25) is 9.59 Å². The van der Waals surface area contributed by atoms with E-state index in [-0.39, 0.29) is 11.7 Å². The van der Waals surface area contributed by atoms with Crippen LogP contribution in [0, 0.1) is 0 Å². The Labute approximate surface area is 93.4 Å². The van der Waals surface area contributed by atoms with Crippen LogP contribution in [-0.4, -0.2) is 47.9 Å². The molecule has 1 saturated heterocycles. The summed E-state index contributed by atoms with van der Waals surface area (Å²) in [5.74, 6) is -0.118. The summed E-state index contributed by atoms with van der Waals surface area (Å²) in [6.07, 6.45) is 1.57. The third-order valence-electron chi connectivity index (χ3n) is 2.62. The zero-order valence-electron chi connectivity index (χ0n) is 9.16. The number of ketones is 1. The van der Waals surface area contributed by atoms with Crippen molar-refractivity contribution in [1.29, 1.82) is 0 Å². The Kier molecular flexibility index (Phi) is 3.05. The van der Waals surface area contributed by atoms with Gasteiger partial charge in [-0.1, -0.05) is 0 Å². The number of nitrogens with one attached hydrogen (secondary N) is 1. The molecule has 1 fully saturated rings. The number of H-pyrrole nitrogens is 1. The summed E-state index contributed by atoms with van der Waals surface area (Å²) in [6.45, 7) is 3.84. The normalized spacial score (nSPS) is 16.2. The maximum Gasteiger partial charge on any atom is 0.270 e. The fourth-order valence-corrected chi connectivity index (χ4v) is 1.66. The predicted octanol–water partition coefficient (Wildman–Crippen LogP) is 0.690. The van der Waals surface area contributed by atoms with Crippen LogP contribution in [0.1, 0.15) is 27.8 Å². The minimum Gasteiger partial charge on any atom is -0.378 e. The molecule has 0 atom stereocenters. The highest BCUT2D eigenvalue weighted by atomic mass is 16.5. The maximum atomic E-state index is 12.0. The molecule has 0 aliphatic carbocycles.